The van der Waals surface area contributed by atoms with Crippen LogP contribution in [0.3, 0.4) is 0 Å². The summed E-state index contributed by atoms with van der Waals surface area (Å²) in [4.78, 5) is 14.7. The molecule has 3 aromatic rings. The number of hydrogen-bond acceptors (Lipinski definition) is 5. The van der Waals surface area contributed by atoms with Gasteiger partial charge < -0.3 is 19.3 Å². The second kappa shape index (κ2) is 7.04. The Morgan fingerprint density at radius 2 is 1.96 bits per heavy atom. The largest absolute Gasteiger partial charge is 0.488 e. The molecule has 1 saturated heterocycles. The number of rotatable bonds is 5. The first-order chi connectivity index (χ1) is 13.1. The number of carbonyl (C=O) groups is 1. The van der Waals surface area contributed by atoms with Crippen molar-refractivity contribution in [3.8, 4) is 5.75 Å². The second-order valence-corrected chi connectivity index (χ2v) is 7.05. The first-order valence-corrected chi connectivity index (χ1v) is 9.04. The lowest BCUT2D eigenvalue weighted by Gasteiger charge is -2.38. The molecular formula is C21H22N2O4. The van der Waals surface area contributed by atoms with Crippen LogP contribution >= 0.6 is 0 Å². The summed E-state index contributed by atoms with van der Waals surface area (Å²) in [5.74, 6) is 1.36. The summed E-state index contributed by atoms with van der Waals surface area (Å²) >= 11 is 0. The molecule has 1 fully saturated rings. The summed E-state index contributed by atoms with van der Waals surface area (Å²) < 4.78 is 11.2. The fraction of sp³-hybridized carbons (Fsp3) is 0.333. The van der Waals surface area contributed by atoms with Gasteiger partial charge in [0.25, 0.3) is 5.91 Å². The van der Waals surface area contributed by atoms with Gasteiger partial charge in [0.2, 0.25) is 0 Å². The molecule has 0 unspecified atom stereocenters. The molecule has 0 spiro atoms. The molecule has 1 aliphatic rings. The minimum Gasteiger partial charge on any atom is -0.488 e. The van der Waals surface area contributed by atoms with Crippen molar-refractivity contribution in [1.82, 2.24) is 10.1 Å². The number of ether oxygens (including phenoxy) is 1. The highest BCUT2D eigenvalue weighted by molar-refractivity contribution is 6.02. The average Bonchev–Trinajstić information content (AvgIpc) is 2.96. The van der Waals surface area contributed by atoms with E-state index in [0.717, 1.165) is 27.8 Å². The normalized spacial score (nSPS) is 14.4. The third-order valence-corrected chi connectivity index (χ3v) is 5.13. The van der Waals surface area contributed by atoms with Gasteiger partial charge in [0, 0.05) is 25.6 Å². The summed E-state index contributed by atoms with van der Waals surface area (Å²) in [7, 11) is 0. The second-order valence-electron chi connectivity index (χ2n) is 7.05. The van der Waals surface area contributed by atoms with Gasteiger partial charge >= 0.3 is 0 Å². The van der Waals surface area contributed by atoms with Crippen molar-refractivity contribution in [2.45, 2.75) is 20.5 Å². The maximum absolute atomic E-state index is 13.0. The molecule has 2 aromatic carbocycles. The highest BCUT2D eigenvalue weighted by atomic mass is 16.5. The van der Waals surface area contributed by atoms with Gasteiger partial charge in [-0.2, -0.15) is 0 Å². The smallest absolute Gasteiger partial charge is 0.257 e. The van der Waals surface area contributed by atoms with E-state index in [9.17, 15) is 9.90 Å². The van der Waals surface area contributed by atoms with Gasteiger partial charge in [-0.05, 0) is 36.8 Å². The number of aliphatic hydroxyl groups excluding tert-OH is 1. The van der Waals surface area contributed by atoms with Crippen molar-refractivity contribution in [2.75, 3.05) is 19.7 Å². The Kier molecular flexibility index (Phi) is 4.58. The Bertz CT molecular complexity index is 970. The summed E-state index contributed by atoms with van der Waals surface area (Å²) in [6.07, 6.45) is 0. The minimum absolute atomic E-state index is 0.0702. The van der Waals surface area contributed by atoms with Gasteiger partial charge in [-0.15, -0.1) is 0 Å². The number of carbonyl (C=O) groups excluding carboxylic acids is 1. The number of aliphatic hydroxyl groups is 1. The van der Waals surface area contributed by atoms with E-state index in [0.29, 0.717) is 31.0 Å². The molecular weight excluding hydrogens is 344 g/mol. The molecule has 0 aliphatic carbocycles. The van der Waals surface area contributed by atoms with E-state index in [1.54, 1.807) is 4.90 Å². The monoisotopic (exact) mass is 366 g/mol. The number of nitrogens with zero attached hydrogens (tertiary/aromatic N) is 2. The highest BCUT2D eigenvalue weighted by Gasteiger charge is 2.32. The molecule has 0 atom stereocenters. The lowest BCUT2D eigenvalue weighted by Crippen LogP contribution is -2.51. The third kappa shape index (κ3) is 3.28. The van der Waals surface area contributed by atoms with Gasteiger partial charge in [-0.25, -0.2) is 0 Å². The van der Waals surface area contributed by atoms with E-state index in [1.165, 1.54) is 0 Å². The fourth-order valence-electron chi connectivity index (χ4n) is 3.39. The van der Waals surface area contributed by atoms with E-state index >= 15 is 0 Å². The van der Waals surface area contributed by atoms with Gasteiger partial charge in [0.1, 0.15) is 18.1 Å². The molecule has 4 rings (SSSR count). The summed E-state index contributed by atoms with van der Waals surface area (Å²) in [5.41, 5.74) is 2.22. The van der Waals surface area contributed by atoms with Crippen molar-refractivity contribution in [2.24, 2.45) is 5.92 Å². The van der Waals surface area contributed by atoms with Crippen molar-refractivity contribution < 1.29 is 19.2 Å². The minimum atomic E-state index is -0.0702. The molecule has 2 heterocycles. The van der Waals surface area contributed by atoms with Crippen molar-refractivity contribution in [1.29, 1.82) is 0 Å². The van der Waals surface area contributed by atoms with Crippen LogP contribution < -0.4 is 4.74 Å². The molecule has 0 radical (unpaired) electrons. The Morgan fingerprint density at radius 1 is 1.26 bits per heavy atom. The fourth-order valence-corrected chi connectivity index (χ4v) is 3.39. The summed E-state index contributed by atoms with van der Waals surface area (Å²) in [6, 6.07) is 11.7. The van der Waals surface area contributed by atoms with Crippen LogP contribution in [0, 0.1) is 19.8 Å². The number of aromatic nitrogens is 1. The van der Waals surface area contributed by atoms with E-state index in [2.05, 4.69) is 5.16 Å². The van der Waals surface area contributed by atoms with Crippen LogP contribution in [0.4, 0.5) is 0 Å². The van der Waals surface area contributed by atoms with E-state index in [1.807, 2.05) is 50.2 Å². The van der Waals surface area contributed by atoms with Crippen molar-refractivity contribution in [3.05, 3.63) is 59.0 Å². The zero-order valence-corrected chi connectivity index (χ0v) is 15.4. The molecule has 1 aromatic heterocycles. The molecule has 1 N–H and O–H groups in total. The number of amides is 1. The number of benzene rings is 2. The first-order valence-electron chi connectivity index (χ1n) is 9.04. The average molecular weight is 366 g/mol. The molecule has 140 valence electrons. The number of hydrogen-bond donors (Lipinski definition) is 1. The molecule has 1 amide bonds. The summed E-state index contributed by atoms with van der Waals surface area (Å²) in [5, 5.41) is 15.2. The molecule has 6 nitrogen and oxygen atoms in total. The Balaban J connectivity index is 1.66. The van der Waals surface area contributed by atoms with Crippen LogP contribution in [0.5, 0.6) is 5.75 Å². The van der Waals surface area contributed by atoms with Crippen molar-refractivity contribution in [3.63, 3.8) is 0 Å². The maximum atomic E-state index is 13.0. The number of fused-ring (bicyclic) bond motifs is 1. The topological polar surface area (TPSA) is 75.8 Å². The Morgan fingerprint density at radius 3 is 2.59 bits per heavy atom. The van der Waals surface area contributed by atoms with Crippen LogP contribution in [0.15, 0.2) is 40.9 Å². The Labute approximate surface area is 157 Å². The van der Waals surface area contributed by atoms with E-state index < -0.39 is 0 Å². The van der Waals surface area contributed by atoms with Crippen LogP contribution in [0.1, 0.15) is 27.4 Å². The van der Waals surface area contributed by atoms with Gasteiger partial charge in [-0.3, -0.25) is 4.79 Å². The quantitative estimate of drug-likeness (QED) is 0.751. The van der Waals surface area contributed by atoms with E-state index in [4.69, 9.17) is 9.26 Å². The van der Waals surface area contributed by atoms with Gasteiger partial charge in [0.05, 0.1) is 16.8 Å². The molecule has 27 heavy (non-hydrogen) atoms. The predicted molar refractivity (Wildman–Crippen MR) is 101 cm³/mol. The predicted octanol–water partition coefficient (Wildman–Crippen LogP) is 3.09. The van der Waals surface area contributed by atoms with Crippen molar-refractivity contribution >= 4 is 16.7 Å². The zero-order valence-electron chi connectivity index (χ0n) is 15.4. The maximum Gasteiger partial charge on any atom is 0.257 e. The SMILES string of the molecule is Cc1noc(C)c1COc1cc2ccccc2cc1C(=O)N1CC(CO)C1. The number of likely N-dealkylation sites (tertiary alicyclic amines) is 1. The lowest BCUT2D eigenvalue weighted by molar-refractivity contribution is 0.0358. The highest BCUT2D eigenvalue weighted by Crippen LogP contribution is 2.30. The first kappa shape index (κ1) is 17.5. The molecule has 0 saturated carbocycles. The molecule has 1 aliphatic heterocycles. The van der Waals surface area contributed by atoms with Crippen LogP contribution in [0.25, 0.3) is 10.8 Å². The lowest BCUT2D eigenvalue weighted by atomic mass is 9.98. The molecule has 6 heteroatoms. The van der Waals surface area contributed by atoms with E-state index in [-0.39, 0.29) is 18.4 Å². The number of aryl methyl sites for hydroxylation is 2. The van der Waals surface area contributed by atoms with Gasteiger partial charge in [-0.1, -0.05) is 29.4 Å². The Hall–Kier alpha value is -2.86. The zero-order chi connectivity index (χ0) is 19.0. The van der Waals surface area contributed by atoms with Gasteiger partial charge in [0.15, 0.2) is 0 Å². The third-order valence-electron chi connectivity index (χ3n) is 5.13. The van der Waals surface area contributed by atoms with Crippen LogP contribution in [-0.4, -0.2) is 40.8 Å². The van der Waals surface area contributed by atoms with Crippen LogP contribution in [-0.2, 0) is 6.61 Å². The molecule has 0 bridgehead atoms. The van der Waals surface area contributed by atoms with Crippen LogP contribution in [0.2, 0.25) is 0 Å². The standard InChI is InChI=1S/C21H22N2O4/c1-13-19(14(2)27-22-13)12-26-20-8-17-6-4-3-5-16(17)7-18(20)21(25)23-9-15(10-23)11-24/h3-8,15,24H,9-12H2,1-2H3. The summed E-state index contributed by atoms with van der Waals surface area (Å²) in [6.45, 7) is 5.27.